The Morgan fingerprint density at radius 1 is 1.19 bits per heavy atom. The van der Waals surface area contributed by atoms with Crippen LogP contribution in [0.1, 0.15) is 55.3 Å². The molecule has 1 amide bonds. The highest BCUT2D eigenvalue weighted by Gasteiger charge is 2.27. The van der Waals surface area contributed by atoms with E-state index in [1.54, 1.807) is 50.6 Å². The highest BCUT2D eigenvalue weighted by atomic mass is 35.5. The highest BCUT2D eigenvalue weighted by Crippen LogP contribution is 2.27. The van der Waals surface area contributed by atoms with Crippen molar-refractivity contribution in [2.75, 3.05) is 0 Å². The van der Waals surface area contributed by atoms with Crippen molar-refractivity contribution in [3.63, 3.8) is 0 Å². The maximum Gasteiger partial charge on any atom is 0.335 e. The zero-order valence-corrected chi connectivity index (χ0v) is 20.8. The molecule has 3 heterocycles. The summed E-state index contributed by atoms with van der Waals surface area (Å²) in [6.45, 7) is 3.82. The second-order valence-electron chi connectivity index (χ2n) is 8.70. The molecule has 0 saturated carbocycles. The minimum absolute atomic E-state index is 0.125. The molecule has 2 aromatic carbocycles. The Bertz CT molecular complexity index is 1570. The van der Waals surface area contributed by atoms with E-state index in [1.165, 1.54) is 6.07 Å². The van der Waals surface area contributed by atoms with Crippen molar-refractivity contribution < 1.29 is 19.2 Å². The molecule has 0 spiro atoms. The van der Waals surface area contributed by atoms with Gasteiger partial charge in [0.1, 0.15) is 17.1 Å². The molecule has 0 aliphatic carbocycles. The van der Waals surface area contributed by atoms with Gasteiger partial charge in [0.25, 0.3) is 5.91 Å². The van der Waals surface area contributed by atoms with Gasteiger partial charge in [0.05, 0.1) is 34.7 Å². The SMILES string of the molecule is Cc1noc(C)c1C(=O)NC(Cc1cnc[nH]1)c1nc2cc(C(=O)O)ccc2n1Cc1ccc(Cl)cc1. The van der Waals surface area contributed by atoms with Crippen LogP contribution < -0.4 is 5.32 Å². The van der Waals surface area contributed by atoms with Crippen LogP contribution in [0.4, 0.5) is 0 Å². The number of aromatic carboxylic acids is 1. The van der Waals surface area contributed by atoms with Gasteiger partial charge in [-0.3, -0.25) is 4.79 Å². The van der Waals surface area contributed by atoms with Crippen molar-refractivity contribution >= 4 is 34.5 Å². The number of H-pyrrole nitrogens is 1. The number of carboxylic acid groups (broad SMARTS) is 1. The van der Waals surface area contributed by atoms with Crippen molar-refractivity contribution in [2.24, 2.45) is 0 Å². The van der Waals surface area contributed by atoms with Gasteiger partial charge in [-0.05, 0) is 49.7 Å². The summed E-state index contributed by atoms with van der Waals surface area (Å²) < 4.78 is 7.16. The first-order chi connectivity index (χ1) is 17.8. The molecule has 0 aliphatic rings. The van der Waals surface area contributed by atoms with E-state index in [2.05, 4.69) is 20.4 Å². The molecule has 188 valence electrons. The van der Waals surface area contributed by atoms with E-state index < -0.39 is 12.0 Å². The number of carbonyl (C=O) groups is 2. The maximum absolute atomic E-state index is 13.4. The van der Waals surface area contributed by atoms with Crippen LogP contribution in [0, 0.1) is 13.8 Å². The lowest BCUT2D eigenvalue weighted by atomic mass is 10.1. The number of aryl methyl sites for hydroxylation is 2. The van der Waals surface area contributed by atoms with E-state index in [4.69, 9.17) is 21.1 Å². The largest absolute Gasteiger partial charge is 0.478 e. The Labute approximate surface area is 216 Å². The Morgan fingerprint density at radius 2 is 1.97 bits per heavy atom. The van der Waals surface area contributed by atoms with Gasteiger partial charge in [0.15, 0.2) is 0 Å². The van der Waals surface area contributed by atoms with Crippen LogP contribution in [0.25, 0.3) is 11.0 Å². The number of benzene rings is 2. The average molecular weight is 519 g/mol. The molecule has 0 radical (unpaired) electrons. The zero-order chi connectivity index (χ0) is 26.1. The smallest absolute Gasteiger partial charge is 0.335 e. The van der Waals surface area contributed by atoms with Crippen LogP contribution in [0.3, 0.4) is 0 Å². The van der Waals surface area contributed by atoms with Gasteiger partial charge in [-0.1, -0.05) is 28.9 Å². The third-order valence-corrected chi connectivity index (χ3v) is 6.39. The number of carboxylic acids is 1. The maximum atomic E-state index is 13.4. The zero-order valence-electron chi connectivity index (χ0n) is 20.0. The van der Waals surface area contributed by atoms with E-state index in [-0.39, 0.29) is 11.5 Å². The van der Waals surface area contributed by atoms with Crippen LogP contribution in [-0.4, -0.2) is 41.7 Å². The number of aromatic nitrogens is 5. The summed E-state index contributed by atoms with van der Waals surface area (Å²) >= 11 is 6.08. The van der Waals surface area contributed by atoms with Gasteiger partial charge < -0.3 is 24.5 Å². The lowest BCUT2D eigenvalue weighted by Crippen LogP contribution is -2.32. The monoisotopic (exact) mass is 518 g/mol. The van der Waals surface area contributed by atoms with Gasteiger partial charge in [0.2, 0.25) is 0 Å². The quantitative estimate of drug-likeness (QED) is 0.275. The molecule has 10 nitrogen and oxygen atoms in total. The number of aromatic amines is 1. The van der Waals surface area contributed by atoms with Crippen LogP contribution in [-0.2, 0) is 13.0 Å². The molecule has 5 aromatic rings. The van der Waals surface area contributed by atoms with Crippen molar-refractivity contribution in [3.05, 3.63) is 99.7 Å². The van der Waals surface area contributed by atoms with E-state index >= 15 is 0 Å². The van der Waals surface area contributed by atoms with E-state index in [1.807, 2.05) is 16.7 Å². The second kappa shape index (κ2) is 9.90. The summed E-state index contributed by atoms with van der Waals surface area (Å²) in [6, 6.07) is 11.7. The Kier molecular flexibility index (Phi) is 6.49. The number of carbonyl (C=O) groups excluding carboxylic acids is 1. The molecule has 0 fully saturated rings. The first-order valence-electron chi connectivity index (χ1n) is 11.5. The van der Waals surface area contributed by atoms with Crippen molar-refractivity contribution in [1.82, 2.24) is 30.0 Å². The minimum Gasteiger partial charge on any atom is -0.478 e. The number of amides is 1. The predicted octanol–water partition coefficient (Wildman–Crippen LogP) is 4.48. The molecule has 0 saturated heterocycles. The number of fused-ring (bicyclic) bond motifs is 1. The summed E-state index contributed by atoms with van der Waals surface area (Å²) in [5.74, 6) is -0.424. The van der Waals surface area contributed by atoms with Gasteiger partial charge in [-0.25, -0.2) is 14.8 Å². The number of nitrogens with zero attached hydrogens (tertiary/aromatic N) is 4. The molecule has 0 aliphatic heterocycles. The number of hydrogen-bond acceptors (Lipinski definition) is 6. The van der Waals surface area contributed by atoms with Gasteiger partial charge in [-0.2, -0.15) is 0 Å². The average Bonchev–Trinajstić information content (AvgIpc) is 3.59. The van der Waals surface area contributed by atoms with Crippen LogP contribution in [0.2, 0.25) is 5.02 Å². The second-order valence-corrected chi connectivity index (χ2v) is 9.13. The van der Waals surface area contributed by atoms with Gasteiger partial charge in [0, 0.05) is 29.9 Å². The summed E-state index contributed by atoms with van der Waals surface area (Å²) in [4.78, 5) is 37.0. The molecular weight excluding hydrogens is 496 g/mol. The molecule has 3 N–H and O–H groups in total. The Morgan fingerprint density at radius 3 is 2.62 bits per heavy atom. The Hall–Kier alpha value is -4.44. The summed E-state index contributed by atoms with van der Waals surface area (Å²) in [5, 5.41) is 17.1. The number of nitrogens with one attached hydrogen (secondary N) is 2. The highest BCUT2D eigenvalue weighted by molar-refractivity contribution is 6.30. The number of rotatable bonds is 8. The molecule has 0 bridgehead atoms. The van der Waals surface area contributed by atoms with Crippen molar-refractivity contribution in [1.29, 1.82) is 0 Å². The fraction of sp³-hybridized carbons (Fsp3) is 0.192. The molecular formula is C26H23ClN6O4. The van der Waals surface area contributed by atoms with Crippen molar-refractivity contribution in [3.8, 4) is 0 Å². The third kappa shape index (κ3) is 4.96. The lowest BCUT2D eigenvalue weighted by molar-refractivity contribution is 0.0696. The van der Waals surface area contributed by atoms with Crippen molar-refractivity contribution in [2.45, 2.75) is 32.9 Å². The normalized spacial score (nSPS) is 12.1. The van der Waals surface area contributed by atoms with Crippen LogP contribution in [0.5, 0.6) is 0 Å². The third-order valence-electron chi connectivity index (χ3n) is 6.13. The fourth-order valence-corrected chi connectivity index (χ4v) is 4.47. The van der Waals surface area contributed by atoms with E-state index in [0.29, 0.717) is 46.3 Å². The molecule has 1 atom stereocenters. The molecule has 11 heteroatoms. The summed E-state index contributed by atoms with van der Waals surface area (Å²) in [6.07, 6.45) is 3.62. The van der Waals surface area contributed by atoms with E-state index in [9.17, 15) is 14.7 Å². The van der Waals surface area contributed by atoms with E-state index in [0.717, 1.165) is 16.8 Å². The van der Waals surface area contributed by atoms with Gasteiger partial charge >= 0.3 is 5.97 Å². The molecule has 3 aromatic heterocycles. The first-order valence-corrected chi connectivity index (χ1v) is 11.9. The fourth-order valence-electron chi connectivity index (χ4n) is 4.35. The van der Waals surface area contributed by atoms with Crippen LogP contribution >= 0.6 is 11.6 Å². The number of halogens is 1. The van der Waals surface area contributed by atoms with Gasteiger partial charge in [-0.15, -0.1) is 0 Å². The lowest BCUT2D eigenvalue weighted by Gasteiger charge is -2.20. The minimum atomic E-state index is -1.04. The standard InChI is InChI=1S/C26H23ClN6O4/c1-14-23(15(2)37-32-14)25(34)31-21(10-19-11-28-13-29-19)24-30-20-9-17(26(35)36)5-8-22(20)33(24)12-16-3-6-18(27)7-4-16/h3-9,11,13,21H,10,12H2,1-2H3,(H,28,29)(H,31,34)(H,35,36). The number of imidazole rings is 2. The predicted molar refractivity (Wildman–Crippen MR) is 136 cm³/mol. The first kappa shape index (κ1) is 24.3. The van der Waals surface area contributed by atoms with Crippen LogP contribution in [0.15, 0.2) is 59.5 Å². The molecule has 5 rings (SSSR count). The Balaban J connectivity index is 1.63. The summed E-state index contributed by atoms with van der Waals surface area (Å²) in [5.41, 5.74) is 3.96. The molecule has 1 unspecified atom stereocenters. The summed E-state index contributed by atoms with van der Waals surface area (Å²) in [7, 11) is 0. The number of hydrogen-bond donors (Lipinski definition) is 3. The topological polar surface area (TPSA) is 139 Å². The molecule has 37 heavy (non-hydrogen) atoms.